The Morgan fingerprint density at radius 2 is 2.12 bits per heavy atom. The van der Waals surface area contributed by atoms with Gasteiger partial charge in [0.25, 0.3) is 5.91 Å². The lowest BCUT2D eigenvalue weighted by Gasteiger charge is -2.12. The summed E-state index contributed by atoms with van der Waals surface area (Å²) in [7, 11) is 1.46. The third-order valence-corrected chi connectivity index (χ3v) is 4.99. The Bertz CT molecular complexity index is 1260. The van der Waals surface area contributed by atoms with Gasteiger partial charge in [0.2, 0.25) is 5.88 Å². The first-order valence-corrected chi connectivity index (χ1v) is 10.5. The summed E-state index contributed by atoms with van der Waals surface area (Å²) in [5.74, 6) is 0.827. The summed E-state index contributed by atoms with van der Waals surface area (Å²) in [6.07, 6.45) is 4.01. The average molecular weight is 450 g/mol. The number of ether oxygens (including phenoxy) is 2. The minimum Gasteiger partial charge on any atom is -0.493 e. The zero-order valence-electron chi connectivity index (χ0n) is 18.3. The number of benzene rings is 1. The highest BCUT2D eigenvalue weighted by Gasteiger charge is 2.15. The molecule has 3 heterocycles. The molecule has 10 heteroatoms. The van der Waals surface area contributed by atoms with Crippen molar-refractivity contribution in [3.63, 3.8) is 0 Å². The Hall–Kier alpha value is -4.08. The van der Waals surface area contributed by atoms with Crippen molar-refractivity contribution >= 4 is 16.8 Å². The maximum atomic E-state index is 14.5. The highest BCUT2D eigenvalue weighted by molar-refractivity contribution is 5.99. The Balaban J connectivity index is 1.61. The third-order valence-electron chi connectivity index (χ3n) is 4.99. The number of nitrogens with zero attached hydrogens (tertiary/aromatic N) is 4. The summed E-state index contributed by atoms with van der Waals surface area (Å²) < 4.78 is 25.4. The number of carbonyl (C=O) groups excluding carboxylic acids is 1. The maximum absolute atomic E-state index is 14.5. The van der Waals surface area contributed by atoms with Crippen molar-refractivity contribution in [2.45, 2.75) is 19.8 Å². The van der Waals surface area contributed by atoms with Crippen LogP contribution in [0.5, 0.6) is 11.6 Å². The number of amides is 1. The van der Waals surface area contributed by atoms with Gasteiger partial charge < -0.3 is 19.8 Å². The molecule has 9 nitrogen and oxygen atoms in total. The van der Waals surface area contributed by atoms with E-state index in [-0.39, 0.29) is 17.4 Å². The number of fused-ring (bicyclic) bond motifs is 1. The van der Waals surface area contributed by atoms with Crippen molar-refractivity contribution in [2.75, 3.05) is 20.3 Å². The van der Waals surface area contributed by atoms with Crippen LogP contribution in [0.4, 0.5) is 4.39 Å². The number of carbonyl (C=O) groups is 1. The number of halogens is 1. The topological polar surface area (TPSA) is 115 Å². The smallest absolute Gasteiger partial charge is 0.251 e. The first-order chi connectivity index (χ1) is 16.1. The van der Waals surface area contributed by atoms with Crippen LogP contribution in [0.3, 0.4) is 0 Å². The van der Waals surface area contributed by atoms with Gasteiger partial charge in [0, 0.05) is 41.6 Å². The second-order valence-corrected chi connectivity index (χ2v) is 7.17. The quantitative estimate of drug-likeness (QED) is 0.376. The van der Waals surface area contributed by atoms with Crippen molar-refractivity contribution in [2.24, 2.45) is 0 Å². The lowest BCUT2D eigenvalue weighted by Crippen LogP contribution is -2.24. The average Bonchev–Trinajstić information content (AvgIpc) is 3.35. The summed E-state index contributed by atoms with van der Waals surface area (Å²) >= 11 is 0. The molecule has 0 saturated heterocycles. The minimum atomic E-state index is -0.536. The SMILES string of the molecule is CCOc1cc(-c2cc(OC)ncc2F)nc2cc(C(=O)NCCCc3nnc[nH]3)ccc12. The van der Waals surface area contributed by atoms with Gasteiger partial charge in [-0.3, -0.25) is 4.79 Å². The number of H-pyrrole nitrogens is 1. The second-order valence-electron chi connectivity index (χ2n) is 7.17. The van der Waals surface area contributed by atoms with Crippen molar-refractivity contribution in [1.82, 2.24) is 30.5 Å². The van der Waals surface area contributed by atoms with Crippen molar-refractivity contribution < 1.29 is 18.7 Å². The van der Waals surface area contributed by atoms with Crippen molar-refractivity contribution in [1.29, 1.82) is 0 Å². The highest BCUT2D eigenvalue weighted by Crippen LogP contribution is 2.32. The number of pyridine rings is 2. The third kappa shape index (κ3) is 5.05. The molecule has 0 unspecified atom stereocenters. The van der Waals surface area contributed by atoms with Gasteiger partial charge in [-0.1, -0.05) is 0 Å². The van der Waals surface area contributed by atoms with Crippen LogP contribution >= 0.6 is 0 Å². The van der Waals surface area contributed by atoms with Crippen molar-refractivity contribution in [3.05, 3.63) is 60.1 Å². The van der Waals surface area contributed by atoms with Crippen LogP contribution in [0.2, 0.25) is 0 Å². The number of nitrogens with one attached hydrogen (secondary N) is 2. The molecule has 2 N–H and O–H groups in total. The predicted molar refractivity (Wildman–Crippen MR) is 120 cm³/mol. The van der Waals surface area contributed by atoms with Gasteiger partial charge >= 0.3 is 0 Å². The van der Waals surface area contributed by atoms with E-state index in [1.807, 2.05) is 6.92 Å². The number of rotatable bonds is 9. The summed E-state index contributed by atoms with van der Waals surface area (Å²) in [5.41, 5.74) is 1.54. The van der Waals surface area contributed by atoms with E-state index < -0.39 is 5.82 Å². The first kappa shape index (κ1) is 22.1. The lowest BCUT2D eigenvalue weighted by atomic mass is 10.1. The van der Waals surface area contributed by atoms with Crippen LogP contribution in [0.1, 0.15) is 29.5 Å². The van der Waals surface area contributed by atoms with Crippen LogP contribution in [0.25, 0.3) is 22.2 Å². The maximum Gasteiger partial charge on any atom is 0.251 e. The van der Waals surface area contributed by atoms with E-state index in [0.29, 0.717) is 48.5 Å². The van der Waals surface area contributed by atoms with Crippen LogP contribution in [-0.2, 0) is 6.42 Å². The standard InChI is InChI=1S/C23H23FN6O3/c1-3-33-20-11-19(16-10-22(32-2)26-12-17(16)24)29-18-9-14(6-7-15(18)20)23(31)25-8-4-5-21-27-13-28-30-21/h6-7,9-13H,3-5,8H2,1-2H3,(H,25,31)(H,27,28,30). The molecule has 0 radical (unpaired) electrons. The Kier molecular flexibility index (Phi) is 6.72. The molecule has 3 aromatic heterocycles. The summed E-state index contributed by atoms with van der Waals surface area (Å²) in [5, 5.41) is 11.3. The molecule has 1 amide bonds. The molecule has 0 fully saturated rings. The zero-order chi connectivity index (χ0) is 23.2. The molecule has 0 aliphatic rings. The van der Waals surface area contributed by atoms with Crippen LogP contribution in [0, 0.1) is 5.82 Å². The first-order valence-electron chi connectivity index (χ1n) is 10.5. The predicted octanol–water partition coefficient (Wildman–Crippen LogP) is 3.32. The molecule has 0 aliphatic carbocycles. The summed E-state index contributed by atoms with van der Waals surface area (Å²) in [6, 6.07) is 8.32. The van der Waals surface area contributed by atoms with Crippen molar-refractivity contribution in [3.8, 4) is 22.9 Å². The van der Waals surface area contributed by atoms with E-state index in [1.165, 1.54) is 19.5 Å². The van der Waals surface area contributed by atoms with Gasteiger partial charge in [0.05, 0.1) is 31.1 Å². The number of aromatic nitrogens is 5. The Labute approximate surface area is 189 Å². The van der Waals surface area contributed by atoms with Gasteiger partial charge in [-0.15, -0.1) is 10.2 Å². The number of aromatic amines is 1. The number of methoxy groups -OCH3 is 1. The van der Waals surface area contributed by atoms with E-state index in [0.717, 1.165) is 17.4 Å². The number of aryl methyl sites for hydroxylation is 1. The molecular formula is C23H23FN6O3. The number of hydrogen-bond donors (Lipinski definition) is 2. The molecule has 4 aromatic rings. The van der Waals surface area contributed by atoms with Crippen LogP contribution in [-0.4, -0.2) is 51.3 Å². The largest absolute Gasteiger partial charge is 0.493 e. The second kappa shape index (κ2) is 10.0. The summed E-state index contributed by atoms with van der Waals surface area (Å²) in [6.45, 7) is 2.77. The molecule has 1 aromatic carbocycles. The van der Waals surface area contributed by atoms with Gasteiger partial charge in [-0.25, -0.2) is 14.4 Å². The van der Waals surface area contributed by atoms with Crippen LogP contribution < -0.4 is 14.8 Å². The molecule has 0 aliphatic heterocycles. The van der Waals surface area contributed by atoms with Gasteiger partial charge in [-0.05, 0) is 31.5 Å². The molecule has 0 atom stereocenters. The molecular weight excluding hydrogens is 427 g/mol. The van der Waals surface area contributed by atoms with E-state index in [1.54, 1.807) is 24.3 Å². The van der Waals surface area contributed by atoms with E-state index in [2.05, 4.69) is 30.5 Å². The molecule has 0 saturated carbocycles. The molecule has 33 heavy (non-hydrogen) atoms. The molecule has 0 bridgehead atoms. The molecule has 4 rings (SSSR count). The summed E-state index contributed by atoms with van der Waals surface area (Å²) in [4.78, 5) is 24.1. The monoisotopic (exact) mass is 450 g/mol. The minimum absolute atomic E-state index is 0.226. The number of hydrogen-bond acceptors (Lipinski definition) is 7. The zero-order valence-corrected chi connectivity index (χ0v) is 18.3. The van der Waals surface area contributed by atoms with E-state index in [4.69, 9.17) is 9.47 Å². The fourth-order valence-electron chi connectivity index (χ4n) is 3.39. The van der Waals surface area contributed by atoms with Gasteiger partial charge in [0.15, 0.2) is 5.82 Å². The van der Waals surface area contributed by atoms with Gasteiger partial charge in [0.1, 0.15) is 17.9 Å². The van der Waals surface area contributed by atoms with E-state index in [9.17, 15) is 9.18 Å². The normalized spacial score (nSPS) is 10.9. The van der Waals surface area contributed by atoms with Gasteiger partial charge in [-0.2, -0.15) is 0 Å². The molecule has 0 spiro atoms. The Morgan fingerprint density at radius 3 is 2.88 bits per heavy atom. The van der Waals surface area contributed by atoms with E-state index >= 15 is 0 Å². The fourth-order valence-corrected chi connectivity index (χ4v) is 3.39. The Morgan fingerprint density at radius 1 is 1.24 bits per heavy atom. The highest BCUT2D eigenvalue weighted by atomic mass is 19.1. The molecule has 170 valence electrons. The van der Waals surface area contributed by atoms with Crippen LogP contribution in [0.15, 0.2) is 42.9 Å². The lowest BCUT2D eigenvalue weighted by molar-refractivity contribution is 0.0953. The fraction of sp³-hybridized carbons (Fsp3) is 0.261.